The van der Waals surface area contributed by atoms with Gasteiger partial charge >= 0.3 is 5.97 Å². The Hall–Kier alpha value is -3.95. The van der Waals surface area contributed by atoms with Crippen LogP contribution in [0.5, 0.6) is 23.0 Å². The number of hydrogen-bond donors (Lipinski definition) is 0. The SMILES string of the molecule is COc1ccc(/C(=N\OC(=O)c2cc(SC)ccc2Cl)c2nccc3cc(OC)c(OC)cc23)cc1OC. The molecule has 0 unspecified atom stereocenters. The third kappa shape index (κ3) is 5.49. The molecule has 0 saturated carbocycles. The van der Waals surface area contributed by atoms with Gasteiger partial charge in [0.05, 0.1) is 39.0 Å². The average molecular weight is 553 g/mol. The van der Waals surface area contributed by atoms with Crippen molar-refractivity contribution in [2.75, 3.05) is 34.7 Å². The second-order valence-electron chi connectivity index (χ2n) is 7.82. The Morgan fingerprint density at radius 3 is 2.21 bits per heavy atom. The summed E-state index contributed by atoms with van der Waals surface area (Å²) in [5.41, 5.74) is 1.52. The number of carbonyl (C=O) groups is 1. The number of oxime groups is 1. The number of rotatable bonds is 9. The van der Waals surface area contributed by atoms with Gasteiger partial charge < -0.3 is 23.8 Å². The van der Waals surface area contributed by atoms with Crippen molar-refractivity contribution in [1.29, 1.82) is 0 Å². The summed E-state index contributed by atoms with van der Waals surface area (Å²) in [5.74, 6) is 1.38. The second kappa shape index (κ2) is 12.1. The van der Waals surface area contributed by atoms with E-state index in [9.17, 15) is 4.79 Å². The van der Waals surface area contributed by atoms with Crippen molar-refractivity contribution in [1.82, 2.24) is 4.98 Å². The highest BCUT2D eigenvalue weighted by atomic mass is 35.5. The number of carbonyl (C=O) groups excluding carboxylic acids is 1. The first-order valence-corrected chi connectivity index (χ1v) is 12.9. The molecule has 10 heteroatoms. The van der Waals surface area contributed by atoms with Crippen LogP contribution in [0, 0.1) is 0 Å². The van der Waals surface area contributed by atoms with Crippen molar-refractivity contribution in [3.8, 4) is 23.0 Å². The molecule has 4 rings (SSSR count). The first-order valence-electron chi connectivity index (χ1n) is 11.3. The van der Waals surface area contributed by atoms with Crippen molar-refractivity contribution >= 4 is 45.8 Å². The van der Waals surface area contributed by atoms with Gasteiger partial charge in [0.2, 0.25) is 0 Å². The fourth-order valence-electron chi connectivity index (χ4n) is 3.83. The number of halogens is 1. The quantitative estimate of drug-likeness (QED) is 0.104. The largest absolute Gasteiger partial charge is 0.493 e. The molecule has 0 amide bonds. The molecule has 0 fully saturated rings. The van der Waals surface area contributed by atoms with E-state index in [1.165, 1.54) is 18.9 Å². The zero-order valence-corrected chi connectivity index (χ0v) is 23.0. The van der Waals surface area contributed by atoms with E-state index in [4.69, 9.17) is 35.4 Å². The molecule has 0 spiro atoms. The predicted octanol–water partition coefficient (Wildman–Crippen LogP) is 6.25. The van der Waals surface area contributed by atoms with Crippen LogP contribution in [-0.2, 0) is 4.84 Å². The Morgan fingerprint density at radius 2 is 1.53 bits per heavy atom. The maximum absolute atomic E-state index is 13.0. The van der Waals surface area contributed by atoms with Crippen molar-refractivity contribution in [2.24, 2.45) is 5.16 Å². The van der Waals surface area contributed by atoms with Crippen LogP contribution < -0.4 is 18.9 Å². The number of nitrogens with zero attached hydrogens (tertiary/aromatic N) is 2. The third-order valence-corrected chi connectivity index (χ3v) is 6.82. The van der Waals surface area contributed by atoms with Crippen LogP contribution in [-0.4, -0.2) is 51.4 Å². The number of ether oxygens (including phenoxy) is 4. The monoisotopic (exact) mass is 552 g/mol. The maximum atomic E-state index is 13.0. The summed E-state index contributed by atoms with van der Waals surface area (Å²) in [5, 5.41) is 6.07. The molecule has 0 aliphatic carbocycles. The molecule has 38 heavy (non-hydrogen) atoms. The Morgan fingerprint density at radius 1 is 0.842 bits per heavy atom. The van der Waals surface area contributed by atoms with Crippen LogP contribution in [0.1, 0.15) is 21.6 Å². The van der Waals surface area contributed by atoms with Crippen LogP contribution >= 0.6 is 23.4 Å². The second-order valence-corrected chi connectivity index (χ2v) is 9.11. The minimum atomic E-state index is -0.705. The van der Waals surface area contributed by atoms with Crippen LogP contribution in [0.3, 0.4) is 0 Å². The summed E-state index contributed by atoms with van der Waals surface area (Å²) in [6.45, 7) is 0. The Kier molecular flexibility index (Phi) is 8.60. The van der Waals surface area contributed by atoms with Crippen molar-refractivity contribution in [3.05, 3.63) is 82.6 Å². The molecule has 0 aliphatic rings. The molecule has 3 aromatic carbocycles. The lowest BCUT2D eigenvalue weighted by molar-refractivity contribution is 0.0517. The van der Waals surface area contributed by atoms with Gasteiger partial charge in [0, 0.05) is 22.0 Å². The molecule has 0 radical (unpaired) electrons. The van der Waals surface area contributed by atoms with Gasteiger partial charge in [-0.1, -0.05) is 16.8 Å². The van der Waals surface area contributed by atoms with Crippen molar-refractivity contribution in [3.63, 3.8) is 0 Å². The first kappa shape index (κ1) is 27.1. The molecule has 1 heterocycles. The summed E-state index contributed by atoms with van der Waals surface area (Å²) in [6, 6.07) is 15.8. The molecule has 1 aromatic heterocycles. The Balaban J connectivity index is 1.89. The third-order valence-electron chi connectivity index (χ3n) is 5.76. The number of fused-ring (bicyclic) bond motifs is 1. The van der Waals surface area contributed by atoms with Gasteiger partial charge in [0.25, 0.3) is 0 Å². The molecule has 196 valence electrons. The number of pyridine rings is 1. The summed E-state index contributed by atoms with van der Waals surface area (Å²) in [6.07, 6.45) is 3.54. The lowest BCUT2D eigenvalue weighted by Crippen LogP contribution is -2.11. The lowest BCUT2D eigenvalue weighted by atomic mass is 10.0. The molecule has 0 saturated heterocycles. The molecule has 0 bridgehead atoms. The van der Waals surface area contributed by atoms with E-state index in [2.05, 4.69) is 10.1 Å². The molecular formula is C28H25ClN2O6S. The van der Waals surface area contributed by atoms with E-state index >= 15 is 0 Å². The summed E-state index contributed by atoms with van der Waals surface area (Å²) in [7, 11) is 6.20. The molecule has 0 N–H and O–H groups in total. The summed E-state index contributed by atoms with van der Waals surface area (Å²) in [4.78, 5) is 23.9. The Bertz CT molecular complexity index is 1530. The molecular weight excluding hydrogens is 528 g/mol. The molecule has 4 aromatic rings. The van der Waals surface area contributed by atoms with Gasteiger partial charge in [-0.25, -0.2) is 4.79 Å². The van der Waals surface area contributed by atoms with Gasteiger partial charge in [-0.15, -0.1) is 11.8 Å². The molecule has 0 aliphatic heterocycles. The number of thioether (sulfide) groups is 1. The molecule has 8 nitrogen and oxygen atoms in total. The van der Waals surface area contributed by atoms with Crippen molar-refractivity contribution in [2.45, 2.75) is 4.90 Å². The predicted molar refractivity (Wildman–Crippen MR) is 149 cm³/mol. The van der Waals surface area contributed by atoms with E-state index in [-0.39, 0.29) is 16.3 Å². The van der Waals surface area contributed by atoms with Crippen LogP contribution in [0.4, 0.5) is 0 Å². The highest BCUT2D eigenvalue weighted by Gasteiger charge is 2.20. The highest BCUT2D eigenvalue weighted by molar-refractivity contribution is 7.98. The van der Waals surface area contributed by atoms with Gasteiger partial charge in [0.1, 0.15) is 11.4 Å². The molecule has 0 atom stereocenters. The maximum Gasteiger partial charge on any atom is 0.367 e. The Labute approximate surface area is 229 Å². The van der Waals surface area contributed by atoms with E-state index in [0.717, 1.165) is 10.3 Å². The lowest BCUT2D eigenvalue weighted by Gasteiger charge is -2.14. The number of methoxy groups -OCH3 is 4. The van der Waals surface area contributed by atoms with Gasteiger partial charge in [-0.3, -0.25) is 4.98 Å². The fraction of sp³-hybridized carbons (Fsp3) is 0.179. The zero-order valence-electron chi connectivity index (χ0n) is 21.4. The smallest absolute Gasteiger partial charge is 0.367 e. The average Bonchev–Trinajstić information content (AvgIpc) is 2.96. The normalized spacial score (nSPS) is 11.3. The first-order chi connectivity index (χ1) is 18.4. The van der Waals surface area contributed by atoms with Crippen molar-refractivity contribution < 1.29 is 28.6 Å². The number of benzene rings is 3. The van der Waals surface area contributed by atoms with Gasteiger partial charge in [-0.05, 0) is 66.2 Å². The minimum Gasteiger partial charge on any atom is -0.493 e. The van der Waals surface area contributed by atoms with E-state index in [0.29, 0.717) is 39.6 Å². The zero-order chi connectivity index (χ0) is 27.2. The summed E-state index contributed by atoms with van der Waals surface area (Å²) >= 11 is 7.77. The van der Waals surface area contributed by atoms with E-state index in [1.54, 1.807) is 63.9 Å². The van der Waals surface area contributed by atoms with Crippen LogP contribution in [0.2, 0.25) is 5.02 Å². The summed E-state index contributed by atoms with van der Waals surface area (Å²) < 4.78 is 21.8. The van der Waals surface area contributed by atoms with Crippen LogP contribution in [0.15, 0.2) is 70.8 Å². The minimum absolute atomic E-state index is 0.200. The number of aromatic nitrogens is 1. The fourth-order valence-corrected chi connectivity index (χ4v) is 4.46. The van der Waals surface area contributed by atoms with Gasteiger partial charge in [-0.2, -0.15) is 0 Å². The number of hydrogen-bond acceptors (Lipinski definition) is 9. The van der Waals surface area contributed by atoms with Gasteiger partial charge in [0.15, 0.2) is 23.0 Å². The highest BCUT2D eigenvalue weighted by Crippen LogP contribution is 2.35. The van der Waals surface area contributed by atoms with E-state index < -0.39 is 5.97 Å². The topological polar surface area (TPSA) is 88.5 Å². The van der Waals surface area contributed by atoms with E-state index in [1.807, 2.05) is 24.5 Å². The van der Waals surface area contributed by atoms with Crippen LogP contribution in [0.25, 0.3) is 10.8 Å². The standard InChI is InChI=1S/C28H25ClN2O6S/c1-33-22-9-6-17(13-23(22)34-2)26(31-37-28(32)20-14-18(38-5)7-8-21(20)29)27-19-15-25(36-4)24(35-3)12-16(19)10-11-30-27/h6-15H,1-5H3/b31-26+.